The number of carbonyl (C=O) groups is 1. The smallest absolute Gasteiger partial charge is 0.407 e. The molecule has 1 aliphatic rings. The summed E-state index contributed by atoms with van der Waals surface area (Å²) >= 11 is 0. The molecular weight excluding hydrogens is 242 g/mol. The molecule has 1 amide bonds. The molecule has 0 bridgehead atoms. The van der Waals surface area contributed by atoms with Crippen molar-refractivity contribution >= 4 is 6.09 Å². The monoisotopic (exact) mass is 271 g/mol. The highest BCUT2D eigenvalue weighted by Gasteiger charge is 2.40. The third kappa shape index (κ3) is 5.37. The zero-order valence-corrected chi connectivity index (χ0v) is 13.0. The van der Waals surface area contributed by atoms with Crippen molar-refractivity contribution in [2.45, 2.75) is 52.7 Å². The number of hydrogen-bond acceptors (Lipinski definition) is 4. The second kappa shape index (κ2) is 6.09. The van der Waals surface area contributed by atoms with Crippen LogP contribution in [0.3, 0.4) is 0 Å². The average Bonchev–Trinajstić information content (AvgIpc) is 2.48. The van der Waals surface area contributed by atoms with E-state index in [1.165, 1.54) is 0 Å². The van der Waals surface area contributed by atoms with Crippen LogP contribution in [0.1, 0.15) is 41.0 Å². The average molecular weight is 271 g/mol. The number of hydrogen-bond donors (Lipinski definition) is 2. The molecular formula is C14H29N3O2. The van der Waals surface area contributed by atoms with Gasteiger partial charge in [0.05, 0.1) is 6.04 Å². The summed E-state index contributed by atoms with van der Waals surface area (Å²) in [6, 6.07) is 0.125. The van der Waals surface area contributed by atoms with Crippen LogP contribution < -0.4 is 11.1 Å². The van der Waals surface area contributed by atoms with Crippen LogP contribution in [0, 0.1) is 5.41 Å². The maximum atomic E-state index is 11.9. The summed E-state index contributed by atoms with van der Waals surface area (Å²) in [6.45, 7) is 13.5. The van der Waals surface area contributed by atoms with Gasteiger partial charge in [0, 0.05) is 13.1 Å². The molecule has 3 N–H and O–H groups in total. The molecule has 1 atom stereocenters. The van der Waals surface area contributed by atoms with Gasteiger partial charge in [0.2, 0.25) is 0 Å². The minimum atomic E-state index is -0.452. The van der Waals surface area contributed by atoms with E-state index in [4.69, 9.17) is 10.5 Å². The maximum absolute atomic E-state index is 11.9. The Morgan fingerprint density at radius 2 is 2.11 bits per heavy atom. The number of ether oxygens (including phenoxy) is 1. The first-order valence-corrected chi connectivity index (χ1v) is 7.06. The molecule has 0 saturated carbocycles. The van der Waals surface area contributed by atoms with Crippen molar-refractivity contribution in [1.82, 2.24) is 10.2 Å². The largest absolute Gasteiger partial charge is 0.444 e. The summed E-state index contributed by atoms with van der Waals surface area (Å²) < 4.78 is 5.32. The lowest BCUT2D eigenvalue weighted by Crippen LogP contribution is -2.46. The minimum Gasteiger partial charge on any atom is -0.444 e. The molecule has 0 aromatic heterocycles. The molecule has 0 aliphatic carbocycles. The zero-order valence-electron chi connectivity index (χ0n) is 13.0. The molecule has 19 heavy (non-hydrogen) atoms. The number of rotatable bonds is 4. The van der Waals surface area contributed by atoms with Crippen LogP contribution in [0.4, 0.5) is 4.79 Å². The normalized spacial score (nSPS) is 23.4. The number of alkyl carbamates (subject to hydrolysis) is 1. The first kappa shape index (κ1) is 16.2. The quantitative estimate of drug-likeness (QED) is 0.814. The lowest BCUT2D eigenvalue weighted by molar-refractivity contribution is 0.0479. The van der Waals surface area contributed by atoms with Crippen LogP contribution in [-0.2, 0) is 4.74 Å². The molecule has 1 aliphatic heterocycles. The Morgan fingerprint density at radius 3 is 2.63 bits per heavy atom. The van der Waals surface area contributed by atoms with E-state index in [2.05, 4.69) is 24.1 Å². The Hall–Kier alpha value is -0.810. The number of nitrogens with zero attached hydrogens (tertiary/aromatic N) is 1. The topological polar surface area (TPSA) is 67.6 Å². The van der Waals surface area contributed by atoms with Gasteiger partial charge >= 0.3 is 6.09 Å². The molecule has 0 aromatic carbocycles. The fourth-order valence-corrected chi connectivity index (χ4v) is 2.43. The van der Waals surface area contributed by atoms with Crippen molar-refractivity contribution < 1.29 is 9.53 Å². The van der Waals surface area contributed by atoms with Crippen molar-refractivity contribution in [3.8, 4) is 0 Å². The first-order chi connectivity index (χ1) is 8.64. The summed E-state index contributed by atoms with van der Waals surface area (Å²) in [4.78, 5) is 14.2. The molecule has 0 spiro atoms. The molecule has 0 unspecified atom stereocenters. The van der Waals surface area contributed by atoms with Crippen molar-refractivity contribution in [2.75, 3.05) is 26.2 Å². The first-order valence-electron chi connectivity index (χ1n) is 7.06. The van der Waals surface area contributed by atoms with Gasteiger partial charge in [0.1, 0.15) is 5.60 Å². The van der Waals surface area contributed by atoms with Crippen molar-refractivity contribution in [3.05, 3.63) is 0 Å². The maximum Gasteiger partial charge on any atom is 0.407 e. The summed E-state index contributed by atoms with van der Waals surface area (Å²) in [6.07, 6.45) is 0.668. The van der Waals surface area contributed by atoms with Crippen LogP contribution in [0.15, 0.2) is 0 Å². The molecule has 1 saturated heterocycles. The number of amides is 1. The zero-order chi connectivity index (χ0) is 14.7. The van der Waals surface area contributed by atoms with Crippen LogP contribution >= 0.6 is 0 Å². The highest BCUT2D eigenvalue weighted by Crippen LogP contribution is 2.29. The van der Waals surface area contributed by atoms with Crippen molar-refractivity contribution in [2.24, 2.45) is 11.1 Å². The molecule has 112 valence electrons. The van der Waals surface area contributed by atoms with Gasteiger partial charge < -0.3 is 20.7 Å². The molecule has 1 heterocycles. The number of nitrogens with one attached hydrogen (secondary N) is 1. The van der Waals surface area contributed by atoms with E-state index in [-0.39, 0.29) is 17.6 Å². The lowest BCUT2D eigenvalue weighted by Gasteiger charge is -2.28. The Kier molecular flexibility index (Phi) is 5.21. The minimum absolute atomic E-state index is 0.0610. The molecule has 5 nitrogen and oxygen atoms in total. The fourth-order valence-electron chi connectivity index (χ4n) is 2.43. The molecule has 0 radical (unpaired) electrons. The van der Waals surface area contributed by atoms with Crippen LogP contribution in [0.5, 0.6) is 0 Å². The van der Waals surface area contributed by atoms with Crippen LogP contribution in [0.25, 0.3) is 0 Å². The Balaban J connectivity index is 2.51. The Bertz CT molecular complexity index is 310. The van der Waals surface area contributed by atoms with Crippen molar-refractivity contribution in [1.29, 1.82) is 0 Å². The Labute approximate surface area is 116 Å². The number of carbonyl (C=O) groups excluding carboxylic acids is 1. The van der Waals surface area contributed by atoms with E-state index in [0.717, 1.165) is 26.1 Å². The third-order valence-electron chi connectivity index (χ3n) is 3.38. The second-order valence-corrected chi connectivity index (χ2v) is 7.06. The second-order valence-electron chi connectivity index (χ2n) is 7.06. The fraction of sp³-hybridized carbons (Fsp3) is 0.929. The summed E-state index contributed by atoms with van der Waals surface area (Å²) in [5, 5.41) is 3.00. The van der Waals surface area contributed by atoms with E-state index in [1.807, 2.05) is 20.8 Å². The van der Waals surface area contributed by atoms with E-state index >= 15 is 0 Å². The number of nitrogens with two attached hydrogens (primary N) is 1. The van der Waals surface area contributed by atoms with Gasteiger partial charge in [0.25, 0.3) is 0 Å². The highest BCUT2D eigenvalue weighted by atomic mass is 16.6. The van der Waals surface area contributed by atoms with Gasteiger partial charge in [-0.1, -0.05) is 13.8 Å². The summed E-state index contributed by atoms with van der Waals surface area (Å²) in [5.41, 5.74) is 5.15. The molecule has 0 aromatic rings. The standard InChI is InChI=1S/C14H29N3O2/c1-13(2,3)19-12(18)16-11-9-17(8-6-7-15)10-14(11,4)5/h11H,6-10,15H2,1-5H3,(H,16,18)/t11-/m0/s1. The molecule has 1 fully saturated rings. The van der Waals surface area contributed by atoms with E-state index in [0.29, 0.717) is 6.54 Å². The summed E-state index contributed by atoms with van der Waals surface area (Å²) in [7, 11) is 0. The predicted molar refractivity (Wildman–Crippen MR) is 77.1 cm³/mol. The van der Waals surface area contributed by atoms with Crippen LogP contribution in [-0.4, -0.2) is 48.8 Å². The lowest BCUT2D eigenvalue weighted by atomic mass is 9.88. The van der Waals surface area contributed by atoms with Gasteiger partial charge in [0.15, 0.2) is 0 Å². The van der Waals surface area contributed by atoms with Gasteiger partial charge in [-0.05, 0) is 45.7 Å². The molecule has 1 rings (SSSR count). The van der Waals surface area contributed by atoms with Gasteiger partial charge in [-0.25, -0.2) is 4.79 Å². The predicted octanol–water partition coefficient (Wildman–Crippen LogP) is 1.57. The van der Waals surface area contributed by atoms with E-state index in [9.17, 15) is 4.79 Å². The highest BCUT2D eigenvalue weighted by molar-refractivity contribution is 5.68. The van der Waals surface area contributed by atoms with Gasteiger partial charge in [-0.2, -0.15) is 0 Å². The van der Waals surface area contributed by atoms with Crippen molar-refractivity contribution in [3.63, 3.8) is 0 Å². The van der Waals surface area contributed by atoms with Gasteiger partial charge in [-0.3, -0.25) is 0 Å². The number of likely N-dealkylation sites (tertiary alicyclic amines) is 1. The van der Waals surface area contributed by atoms with Gasteiger partial charge in [-0.15, -0.1) is 0 Å². The van der Waals surface area contributed by atoms with E-state index in [1.54, 1.807) is 0 Å². The molecule has 5 heteroatoms. The summed E-state index contributed by atoms with van der Waals surface area (Å²) in [5.74, 6) is 0. The Morgan fingerprint density at radius 1 is 1.47 bits per heavy atom. The third-order valence-corrected chi connectivity index (χ3v) is 3.38. The SMILES string of the molecule is CC(C)(C)OC(=O)N[C@H]1CN(CCCN)CC1(C)C. The van der Waals surface area contributed by atoms with Crippen LogP contribution in [0.2, 0.25) is 0 Å². The van der Waals surface area contributed by atoms with E-state index < -0.39 is 5.60 Å².